The van der Waals surface area contributed by atoms with Crippen LogP contribution in [0.1, 0.15) is 6.23 Å². The second-order valence-corrected chi connectivity index (χ2v) is 4.31. The van der Waals surface area contributed by atoms with Crippen LogP contribution in [0.2, 0.25) is 0 Å². The van der Waals surface area contributed by atoms with Gasteiger partial charge < -0.3 is 20.1 Å². The minimum Gasteiger partial charge on any atom is -0.393 e. The number of ether oxygens (including phenoxy) is 1. The number of azide groups is 1. The van der Waals surface area contributed by atoms with Crippen LogP contribution in [-0.2, 0) is 4.74 Å². The molecule has 0 saturated carbocycles. The normalized spacial score (nSPS) is 35.4. The highest BCUT2D eigenvalue weighted by molar-refractivity contribution is 5.04. The van der Waals surface area contributed by atoms with Crippen LogP contribution in [-0.4, -0.2) is 49.2 Å². The smallest absolute Gasteiger partial charge is 0.330 e. The van der Waals surface area contributed by atoms with E-state index in [-0.39, 0.29) is 0 Å². The fraction of sp³-hybridized carbons (Fsp3) is 0.556. The Morgan fingerprint density at radius 1 is 1.62 bits per heavy atom. The first-order valence-corrected chi connectivity index (χ1v) is 5.54. The lowest BCUT2D eigenvalue weighted by Gasteiger charge is -2.24. The van der Waals surface area contributed by atoms with E-state index < -0.39 is 41.8 Å². The summed E-state index contributed by atoms with van der Waals surface area (Å²) >= 11 is 0. The van der Waals surface area contributed by atoms with Gasteiger partial charge >= 0.3 is 5.69 Å². The standard InChI is InChI=1S/C9H10FN5O6/c10-9(20)5(18)8(3-16,13-14-11)21-6(9)15-2-1-4(17)12-7(15)19/h1-2,5-6,16,18,20H,3H2,(H,12,17,19)/t5-,6-,8-,9-/m1/s1. The Labute approximate surface area is 114 Å². The molecule has 1 aromatic rings. The van der Waals surface area contributed by atoms with E-state index in [2.05, 4.69) is 10.0 Å². The zero-order valence-electron chi connectivity index (χ0n) is 10.2. The number of aromatic amines is 1. The average molecular weight is 303 g/mol. The fourth-order valence-corrected chi connectivity index (χ4v) is 1.96. The van der Waals surface area contributed by atoms with E-state index >= 15 is 0 Å². The van der Waals surface area contributed by atoms with E-state index in [1.54, 1.807) is 4.98 Å². The number of alkyl halides is 1. The van der Waals surface area contributed by atoms with Crippen LogP contribution in [0.25, 0.3) is 10.4 Å². The van der Waals surface area contributed by atoms with Crippen LogP contribution in [0.3, 0.4) is 0 Å². The molecule has 21 heavy (non-hydrogen) atoms. The lowest BCUT2D eigenvalue weighted by Crippen LogP contribution is -2.49. The molecule has 1 fully saturated rings. The van der Waals surface area contributed by atoms with Gasteiger partial charge in [0.15, 0.2) is 6.10 Å². The number of hydrogen-bond donors (Lipinski definition) is 4. The summed E-state index contributed by atoms with van der Waals surface area (Å²) in [5.74, 6) is -3.56. The molecular formula is C9H10FN5O6. The Morgan fingerprint density at radius 2 is 2.29 bits per heavy atom. The van der Waals surface area contributed by atoms with Gasteiger partial charge in [0, 0.05) is 17.2 Å². The van der Waals surface area contributed by atoms with Gasteiger partial charge in [-0.05, 0) is 5.53 Å². The molecule has 1 saturated heterocycles. The molecule has 0 bridgehead atoms. The maximum absolute atomic E-state index is 14.3. The van der Waals surface area contributed by atoms with Crippen LogP contribution in [0.15, 0.2) is 27.0 Å². The van der Waals surface area contributed by atoms with E-state index in [4.69, 9.17) is 15.4 Å². The monoisotopic (exact) mass is 303 g/mol. The molecule has 4 atom stereocenters. The van der Waals surface area contributed by atoms with Gasteiger partial charge in [-0.1, -0.05) is 5.11 Å². The van der Waals surface area contributed by atoms with Crippen molar-refractivity contribution in [3.05, 3.63) is 43.5 Å². The summed E-state index contributed by atoms with van der Waals surface area (Å²) in [6.45, 7) is -1.15. The van der Waals surface area contributed by atoms with E-state index in [0.717, 1.165) is 12.3 Å². The lowest BCUT2D eigenvalue weighted by atomic mass is 10.0. The first-order valence-electron chi connectivity index (χ1n) is 5.54. The number of halogens is 1. The summed E-state index contributed by atoms with van der Waals surface area (Å²) in [6.07, 6.45) is -3.80. The van der Waals surface area contributed by atoms with Crippen molar-refractivity contribution < 1.29 is 24.4 Å². The summed E-state index contributed by atoms with van der Waals surface area (Å²) in [5.41, 5.74) is 3.97. The van der Waals surface area contributed by atoms with Gasteiger partial charge in [-0.15, -0.1) is 0 Å². The van der Waals surface area contributed by atoms with Crippen LogP contribution < -0.4 is 11.2 Å². The van der Waals surface area contributed by atoms with E-state index in [9.17, 15) is 24.2 Å². The molecule has 0 aliphatic carbocycles. The molecule has 0 radical (unpaired) electrons. The van der Waals surface area contributed by atoms with E-state index in [1.165, 1.54) is 0 Å². The minimum absolute atomic E-state index is 0.439. The predicted molar refractivity (Wildman–Crippen MR) is 62.5 cm³/mol. The summed E-state index contributed by atoms with van der Waals surface area (Å²) < 4.78 is 19.6. The Balaban J connectivity index is 2.58. The van der Waals surface area contributed by atoms with Crippen molar-refractivity contribution in [1.82, 2.24) is 9.55 Å². The molecule has 2 heterocycles. The third-order valence-corrected chi connectivity index (χ3v) is 3.02. The van der Waals surface area contributed by atoms with Crippen molar-refractivity contribution in [2.24, 2.45) is 5.11 Å². The first-order chi connectivity index (χ1) is 9.78. The summed E-state index contributed by atoms with van der Waals surface area (Å²) in [6, 6.07) is 0.847. The van der Waals surface area contributed by atoms with Crippen molar-refractivity contribution in [3.63, 3.8) is 0 Å². The van der Waals surface area contributed by atoms with Gasteiger partial charge in [-0.2, -0.15) is 0 Å². The highest BCUT2D eigenvalue weighted by Crippen LogP contribution is 2.45. The second-order valence-electron chi connectivity index (χ2n) is 4.31. The molecule has 11 nitrogen and oxygen atoms in total. The molecule has 1 aromatic heterocycles. The molecule has 12 heteroatoms. The van der Waals surface area contributed by atoms with Crippen LogP contribution in [0.4, 0.5) is 4.39 Å². The second kappa shape index (κ2) is 4.95. The van der Waals surface area contributed by atoms with Gasteiger partial charge in [0.2, 0.25) is 12.0 Å². The van der Waals surface area contributed by atoms with E-state index in [0.29, 0.717) is 4.57 Å². The molecular weight excluding hydrogens is 293 g/mol. The first kappa shape index (κ1) is 15.2. The SMILES string of the molecule is [N-]=[N+]=N[C@]1(CO)O[C@@H](n2ccc(=O)[nH]c2=O)[C@@](O)(F)[C@@H]1O. The Hall–Kier alpha value is -2.24. The van der Waals surface area contributed by atoms with Crippen LogP contribution >= 0.6 is 0 Å². The molecule has 2 rings (SSSR count). The van der Waals surface area contributed by atoms with Crippen molar-refractivity contribution in [2.45, 2.75) is 23.9 Å². The van der Waals surface area contributed by atoms with Gasteiger partial charge in [0.05, 0.1) is 6.61 Å². The molecule has 0 aromatic carbocycles. The van der Waals surface area contributed by atoms with Crippen molar-refractivity contribution in [1.29, 1.82) is 0 Å². The number of rotatable bonds is 3. The highest BCUT2D eigenvalue weighted by atomic mass is 19.2. The zero-order chi connectivity index (χ0) is 15.8. The summed E-state index contributed by atoms with van der Waals surface area (Å²) in [4.78, 5) is 26.6. The number of hydrogen-bond acceptors (Lipinski definition) is 7. The minimum atomic E-state index is -3.56. The summed E-state index contributed by atoms with van der Waals surface area (Å²) in [5, 5.41) is 31.5. The maximum atomic E-state index is 14.3. The fourth-order valence-electron chi connectivity index (χ4n) is 1.96. The molecule has 1 aliphatic rings. The van der Waals surface area contributed by atoms with Crippen LogP contribution in [0, 0.1) is 0 Å². The Bertz CT molecular complexity index is 709. The van der Waals surface area contributed by atoms with Gasteiger partial charge in [-0.3, -0.25) is 14.3 Å². The number of aliphatic hydroxyl groups excluding tert-OH is 2. The average Bonchev–Trinajstić information content (AvgIpc) is 2.61. The molecule has 0 spiro atoms. The molecule has 114 valence electrons. The zero-order valence-corrected chi connectivity index (χ0v) is 10.2. The number of aromatic nitrogens is 2. The van der Waals surface area contributed by atoms with Gasteiger partial charge in [0.25, 0.3) is 11.4 Å². The third kappa shape index (κ3) is 2.20. The van der Waals surface area contributed by atoms with Gasteiger partial charge in [-0.25, -0.2) is 9.18 Å². The molecule has 4 N–H and O–H groups in total. The number of nitrogens with one attached hydrogen (secondary N) is 1. The molecule has 0 amide bonds. The molecule has 0 unspecified atom stereocenters. The lowest BCUT2D eigenvalue weighted by molar-refractivity contribution is -0.197. The Morgan fingerprint density at radius 3 is 2.81 bits per heavy atom. The number of H-pyrrole nitrogens is 1. The topological polar surface area (TPSA) is 174 Å². The summed E-state index contributed by atoms with van der Waals surface area (Å²) in [7, 11) is 0. The van der Waals surface area contributed by atoms with Crippen molar-refractivity contribution >= 4 is 0 Å². The van der Waals surface area contributed by atoms with Crippen molar-refractivity contribution in [2.75, 3.05) is 6.61 Å². The molecule has 1 aliphatic heterocycles. The van der Waals surface area contributed by atoms with Crippen LogP contribution in [0.5, 0.6) is 0 Å². The largest absolute Gasteiger partial charge is 0.393 e. The highest BCUT2D eigenvalue weighted by Gasteiger charge is 2.65. The maximum Gasteiger partial charge on any atom is 0.330 e. The number of aliphatic hydroxyl groups is 3. The number of nitrogens with zero attached hydrogens (tertiary/aromatic N) is 4. The third-order valence-electron chi connectivity index (χ3n) is 3.02. The quantitative estimate of drug-likeness (QED) is 0.288. The van der Waals surface area contributed by atoms with E-state index in [1.807, 2.05) is 0 Å². The predicted octanol–water partition coefficient (Wildman–Crippen LogP) is -1.92. The van der Waals surface area contributed by atoms with Crippen molar-refractivity contribution in [3.8, 4) is 0 Å². The van der Waals surface area contributed by atoms with Gasteiger partial charge in [0.1, 0.15) is 0 Å². The Kier molecular flexibility index (Phi) is 3.57.